The van der Waals surface area contributed by atoms with E-state index in [1.807, 2.05) is 13.8 Å². The second kappa shape index (κ2) is 7.45. The van der Waals surface area contributed by atoms with Crippen molar-refractivity contribution in [2.45, 2.75) is 32.7 Å². The van der Waals surface area contributed by atoms with Crippen LogP contribution in [0.4, 0.5) is 0 Å². The molecule has 0 spiro atoms. The van der Waals surface area contributed by atoms with Crippen LogP contribution in [0.5, 0.6) is 0 Å². The highest BCUT2D eigenvalue weighted by Crippen LogP contribution is 2.17. The molecule has 0 atom stereocenters. The van der Waals surface area contributed by atoms with Crippen LogP contribution >= 0.6 is 23.2 Å². The highest BCUT2D eigenvalue weighted by atomic mass is 35.5. The lowest BCUT2D eigenvalue weighted by molar-refractivity contribution is -0.137. The summed E-state index contributed by atoms with van der Waals surface area (Å²) < 4.78 is 0. The van der Waals surface area contributed by atoms with Gasteiger partial charge in [-0.15, -0.1) is 0 Å². The average Bonchev–Trinajstić information content (AvgIpc) is 2.31. The van der Waals surface area contributed by atoms with Crippen LogP contribution in [0.1, 0.15) is 37.0 Å². The van der Waals surface area contributed by atoms with Gasteiger partial charge >= 0.3 is 5.97 Å². The molecule has 110 valence electrons. The van der Waals surface area contributed by atoms with Crippen molar-refractivity contribution in [3.05, 3.63) is 28.0 Å². The van der Waals surface area contributed by atoms with E-state index in [0.717, 1.165) is 0 Å². The van der Waals surface area contributed by atoms with Crippen molar-refractivity contribution in [1.29, 1.82) is 0 Å². The lowest BCUT2D eigenvalue weighted by Crippen LogP contribution is -2.38. The van der Waals surface area contributed by atoms with E-state index in [1.165, 1.54) is 12.1 Å². The Labute approximate surface area is 127 Å². The van der Waals surface area contributed by atoms with Gasteiger partial charge < -0.3 is 10.0 Å². The molecule has 1 heterocycles. The molecular formula is C13H16Cl2N2O3. The zero-order chi connectivity index (χ0) is 15.3. The van der Waals surface area contributed by atoms with Gasteiger partial charge in [-0.25, -0.2) is 4.98 Å². The summed E-state index contributed by atoms with van der Waals surface area (Å²) in [5.74, 6) is -1.12. The van der Waals surface area contributed by atoms with E-state index in [0.29, 0.717) is 18.5 Å². The van der Waals surface area contributed by atoms with Crippen LogP contribution in [-0.4, -0.2) is 39.5 Å². The van der Waals surface area contributed by atoms with E-state index in [9.17, 15) is 9.59 Å². The third-order valence-corrected chi connectivity index (χ3v) is 3.07. The number of carbonyl (C=O) groups is 2. The Morgan fingerprint density at radius 1 is 1.30 bits per heavy atom. The normalized spacial score (nSPS) is 10.7. The third-order valence-electron chi connectivity index (χ3n) is 2.68. The minimum Gasteiger partial charge on any atom is -0.481 e. The first-order chi connectivity index (χ1) is 9.31. The van der Waals surface area contributed by atoms with Crippen LogP contribution in [0, 0.1) is 0 Å². The number of carboxylic acid groups (broad SMARTS) is 1. The van der Waals surface area contributed by atoms with E-state index < -0.39 is 5.97 Å². The molecule has 0 bridgehead atoms. The molecule has 0 fully saturated rings. The van der Waals surface area contributed by atoms with Crippen LogP contribution in [0.3, 0.4) is 0 Å². The summed E-state index contributed by atoms with van der Waals surface area (Å²) in [6.45, 7) is 4.09. The molecule has 0 aliphatic carbocycles. The van der Waals surface area contributed by atoms with Crippen LogP contribution < -0.4 is 0 Å². The Bertz CT molecular complexity index is 486. The van der Waals surface area contributed by atoms with Gasteiger partial charge in [-0.05, 0) is 32.4 Å². The number of hydrogen-bond acceptors (Lipinski definition) is 3. The Hall–Kier alpha value is -1.33. The highest BCUT2D eigenvalue weighted by molar-refractivity contribution is 6.33. The maximum atomic E-state index is 12.4. The van der Waals surface area contributed by atoms with Gasteiger partial charge in [0.15, 0.2) is 0 Å². The van der Waals surface area contributed by atoms with Gasteiger partial charge in [0.2, 0.25) is 0 Å². The zero-order valence-corrected chi connectivity index (χ0v) is 12.8. The number of halogens is 2. The fourth-order valence-corrected chi connectivity index (χ4v) is 2.21. The molecule has 1 N–H and O–H groups in total. The quantitative estimate of drug-likeness (QED) is 0.818. The van der Waals surface area contributed by atoms with Gasteiger partial charge in [0, 0.05) is 24.6 Å². The largest absolute Gasteiger partial charge is 0.481 e. The first-order valence-corrected chi connectivity index (χ1v) is 6.92. The van der Waals surface area contributed by atoms with E-state index >= 15 is 0 Å². The summed E-state index contributed by atoms with van der Waals surface area (Å²) in [4.78, 5) is 28.3. The molecule has 5 nitrogen and oxygen atoms in total. The fourth-order valence-electron chi connectivity index (χ4n) is 1.75. The monoisotopic (exact) mass is 318 g/mol. The van der Waals surface area contributed by atoms with Crippen LogP contribution in [-0.2, 0) is 4.79 Å². The van der Waals surface area contributed by atoms with Gasteiger partial charge in [-0.1, -0.05) is 23.2 Å². The van der Waals surface area contributed by atoms with Crippen molar-refractivity contribution in [3.63, 3.8) is 0 Å². The van der Waals surface area contributed by atoms with Crippen molar-refractivity contribution in [3.8, 4) is 0 Å². The van der Waals surface area contributed by atoms with Crippen molar-refractivity contribution in [2.24, 2.45) is 0 Å². The molecule has 0 saturated carbocycles. The standard InChI is InChI=1S/C13H16Cl2N2O3/c1-8(2)17(5-3-4-12(18)19)13(20)9-6-10(14)16-11(15)7-9/h6-8H,3-5H2,1-2H3,(H,18,19). The first-order valence-electron chi connectivity index (χ1n) is 6.17. The molecule has 1 amide bonds. The van der Waals surface area contributed by atoms with Gasteiger partial charge in [-0.3, -0.25) is 9.59 Å². The topological polar surface area (TPSA) is 70.5 Å². The van der Waals surface area contributed by atoms with Crippen molar-refractivity contribution in [1.82, 2.24) is 9.88 Å². The van der Waals surface area contributed by atoms with Crippen molar-refractivity contribution in [2.75, 3.05) is 6.54 Å². The maximum Gasteiger partial charge on any atom is 0.303 e. The fraction of sp³-hybridized carbons (Fsp3) is 0.462. The van der Waals surface area contributed by atoms with Gasteiger partial charge in [0.05, 0.1) is 0 Å². The number of amides is 1. The number of aliphatic carboxylic acids is 1. The Kier molecular flexibility index (Phi) is 6.23. The Morgan fingerprint density at radius 2 is 1.85 bits per heavy atom. The minimum absolute atomic E-state index is 0.0222. The van der Waals surface area contributed by atoms with E-state index in [1.54, 1.807) is 4.90 Å². The summed E-state index contributed by atoms with van der Waals surface area (Å²) >= 11 is 11.6. The molecule has 0 aliphatic heterocycles. The Balaban J connectivity index is 2.85. The number of carbonyl (C=O) groups excluding carboxylic acids is 1. The van der Waals surface area contributed by atoms with E-state index in [2.05, 4.69) is 4.98 Å². The van der Waals surface area contributed by atoms with Crippen LogP contribution in [0.2, 0.25) is 10.3 Å². The number of carboxylic acids is 1. The van der Waals surface area contributed by atoms with Crippen LogP contribution in [0.15, 0.2) is 12.1 Å². The average molecular weight is 319 g/mol. The molecule has 1 aromatic heterocycles. The van der Waals surface area contributed by atoms with E-state index in [-0.39, 0.29) is 28.7 Å². The minimum atomic E-state index is -0.879. The predicted molar refractivity (Wildman–Crippen MR) is 77.3 cm³/mol. The molecule has 1 aromatic rings. The number of hydrogen-bond donors (Lipinski definition) is 1. The van der Waals surface area contributed by atoms with Gasteiger partial charge in [0.25, 0.3) is 5.91 Å². The summed E-state index contributed by atoms with van der Waals surface area (Å²) in [6, 6.07) is 2.84. The SMILES string of the molecule is CC(C)N(CCCC(=O)O)C(=O)c1cc(Cl)nc(Cl)c1. The number of rotatable bonds is 6. The van der Waals surface area contributed by atoms with Crippen LogP contribution in [0.25, 0.3) is 0 Å². The van der Waals surface area contributed by atoms with Gasteiger partial charge in [-0.2, -0.15) is 0 Å². The zero-order valence-electron chi connectivity index (χ0n) is 11.3. The highest BCUT2D eigenvalue weighted by Gasteiger charge is 2.19. The third kappa shape index (κ3) is 4.98. The molecule has 0 aliphatic rings. The number of pyridine rings is 1. The first kappa shape index (κ1) is 16.7. The lowest BCUT2D eigenvalue weighted by Gasteiger charge is -2.26. The molecule has 7 heteroatoms. The smallest absolute Gasteiger partial charge is 0.303 e. The molecule has 0 unspecified atom stereocenters. The molecule has 20 heavy (non-hydrogen) atoms. The molecule has 0 radical (unpaired) electrons. The van der Waals surface area contributed by atoms with Gasteiger partial charge in [0.1, 0.15) is 10.3 Å². The summed E-state index contributed by atoms with van der Waals surface area (Å²) in [5.41, 5.74) is 0.346. The Morgan fingerprint density at radius 3 is 2.30 bits per heavy atom. The number of nitrogens with zero attached hydrogens (tertiary/aromatic N) is 2. The maximum absolute atomic E-state index is 12.4. The van der Waals surface area contributed by atoms with Crippen molar-refractivity contribution < 1.29 is 14.7 Å². The molecule has 0 saturated heterocycles. The second-order valence-corrected chi connectivity index (χ2v) is 5.37. The second-order valence-electron chi connectivity index (χ2n) is 4.59. The van der Waals surface area contributed by atoms with Crippen molar-refractivity contribution >= 4 is 35.1 Å². The summed E-state index contributed by atoms with van der Waals surface area (Å²) in [7, 11) is 0. The molecule has 0 aromatic carbocycles. The molecule has 1 rings (SSSR count). The lowest BCUT2D eigenvalue weighted by atomic mass is 10.2. The number of aromatic nitrogens is 1. The van der Waals surface area contributed by atoms with E-state index in [4.69, 9.17) is 28.3 Å². The molecular weight excluding hydrogens is 303 g/mol. The predicted octanol–water partition coefficient (Wildman–Crippen LogP) is 3.10. The summed E-state index contributed by atoms with van der Waals surface area (Å²) in [5, 5.41) is 8.94. The summed E-state index contributed by atoms with van der Waals surface area (Å²) in [6.07, 6.45) is 0.417.